The molecule has 0 aliphatic carbocycles. The average molecular weight is 267 g/mol. The van der Waals surface area contributed by atoms with Crippen molar-refractivity contribution < 1.29 is 9.53 Å². The summed E-state index contributed by atoms with van der Waals surface area (Å²) < 4.78 is 5.29. The van der Waals surface area contributed by atoms with Crippen molar-refractivity contribution in [3.63, 3.8) is 0 Å². The number of piperidine rings is 1. The lowest BCUT2D eigenvalue weighted by atomic mass is 9.97. The Morgan fingerprint density at radius 2 is 2.05 bits per heavy atom. The van der Waals surface area contributed by atoms with Crippen LogP contribution in [0.4, 0.5) is 4.79 Å². The molecule has 3 saturated heterocycles. The Kier molecular flexibility index (Phi) is 3.93. The normalized spacial score (nSPS) is 37.5. The third-order valence-electron chi connectivity index (χ3n) is 4.66. The van der Waals surface area contributed by atoms with Gasteiger partial charge in [-0.05, 0) is 38.6 Å². The van der Waals surface area contributed by atoms with Crippen LogP contribution in [0.15, 0.2) is 0 Å². The molecule has 5 nitrogen and oxygen atoms in total. The molecular weight excluding hydrogens is 242 g/mol. The first-order valence-electron chi connectivity index (χ1n) is 7.69. The van der Waals surface area contributed by atoms with E-state index >= 15 is 0 Å². The topological polar surface area (TPSA) is 53.6 Å². The van der Waals surface area contributed by atoms with Gasteiger partial charge >= 0.3 is 6.09 Å². The highest BCUT2D eigenvalue weighted by Crippen LogP contribution is 2.30. The van der Waals surface area contributed by atoms with Crippen LogP contribution in [0.5, 0.6) is 0 Å². The quantitative estimate of drug-likeness (QED) is 0.783. The summed E-state index contributed by atoms with van der Waals surface area (Å²) in [6.07, 6.45) is 6.11. The average Bonchev–Trinajstić information content (AvgIpc) is 2.95. The van der Waals surface area contributed by atoms with Gasteiger partial charge in [0.1, 0.15) is 6.10 Å². The summed E-state index contributed by atoms with van der Waals surface area (Å²) in [7, 11) is 0. The second-order valence-corrected chi connectivity index (χ2v) is 6.17. The first-order chi connectivity index (χ1) is 9.24. The highest BCUT2D eigenvalue weighted by atomic mass is 16.6. The molecule has 0 saturated carbocycles. The van der Waals surface area contributed by atoms with E-state index in [-0.39, 0.29) is 12.2 Å². The number of hydrogen-bond donors (Lipinski definition) is 2. The number of hydrogen-bond acceptors (Lipinski definition) is 4. The van der Waals surface area contributed by atoms with E-state index < -0.39 is 0 Å². The van der Waals surface area contributed by atoms with E-state index in [9.17, 15) is 4.79 Å². The van der Waals surface area contributed by atoms with Crippen LogP contribution in [-0.2, 0) is 4.74 Å². The summed E-state index contributed by atoms with van der Waals surface area (Å²) in [5.41, 5.74) is 0. The molecule has 3 fully saturated rings. The van der Waals surface area contributed by atoms with Crippen molar-refractivity contribution in [1.82, 2.24) is 15.5 Å². The number of carbonyl (C=O) groups is 1. The highest BCUT2D eigenvalue weighted by Gasteiger charge is 2.37. The van der Waals surface area contributed by atoms with Gasteiger partial charge in [0.15, 0.2) is 0 Å². The minimum atomic E-state index is -0.258. The molecule has 3 heterocycles. The molecule has 3 aliphatic rings. The van der Waals surface area contributed by atoms with E-state index in [1.807, 2.05) is 0 Å². The fourth-order valence-electron chi connectivity index (χ4n) is 3.83. The Morgan fingerprint density at radius 3 is 2.63 bits per heavy atom. The number of amides is 1. The van der Waals surface area contributed by atoms with Crippen LogP contribution in [0.3, 0.4) is 0 Å². The minimum Gasteiger partial charge on any atom is -0.443 e. The second-order valence-electron chi connectivity index (χ2n) is 6.17. The van der Waals surface area contributed by atoms with Crippen LogP contribution in [-0.4, -0.2) is 54.9 Å². The summed E-state index contributed by atoms with van der Waals surface area (Å²) in [6, 6.07) is 2.10. The SMILES string of the molecule is CCCN(CC1CNC(=O)O1)C1CC2CCC(C1)N2. The predicted molar refractivity (Wildman–Crippen MR) is 73.1 cm³/mol. The Balaban J connectivity index is 1.58. The van der Waals surface area contributed by atoms with Gasteiger partial charge in [0.2, 0.25) is 0 Å². The number of fused-ring (bicyclic) bond motifs is 2. The van der Waals surface area contributed by atoms with E-state index in [0.29, 0.717) is 24.7 Å². The molecule has 3 atom stereocenters. The first kappa shape index (κ1) is 13.2. The van der Waals surface area contributed by atoms with Crippen LogP contribution in [0.25, 0.3) is 0 Å². The summed E-state index contributed by atoms with van der Waals surface area (Å²) in [5, 5.41) is 6.44. The zero-order valence-corrected chi connectivity index (χ0v) is 11.7. The number of nitrogens with one attached hydrogen (secondary N) is 2. The highest BCUT2D eigenvalue weighted by molar-refractivity contribution is 5.69. The molecule has 3 unspecified atom stereocenters. The molecular formula is C14H25N3O2. The van der Waals surface area contributed by atoms with Crippen molar-refractivity contribution in [3.05, 3.63) is 0 Å². The summed E-state index contributed by atoms with van der Waals surface area (Å²) in [4.78, 5) is 13.7. The monoisotopic (exact) mass is 267 g/mol. The van der Waals surface area contributed by atoms with Crippen molar-refractivity contribution in [3.8, 4) is 0 Å². The van der Waals surface area contributed by atoms with E-state index in [2.05, 4.69) is 22.5 Å². The molecule has 1 amide bonds. The van der Waals surface area contributed by atoms with Crippen molar-refractivity contribution in [2.45, 2.75) is 63.3 Å². The number of ether oxygens (including phenoxy) is 1. The lowest BCUT2D eigenvalue weighted by molar-refractivity contribution is 0.0728. The van der Waals surface area contributed by atoms with Gasteiger partial charge < -0.3 is 15.4 Å². The third-order valence-corrected chi connectivity index (χ3v) is 4.66. The maximum atomic E-state index is 11.1. The Morgan fingerprint density at radius 1 is 1.32 bits per heavy atom. The summed E-state index contributed by atoms with van der Waals surface area (Å²) in [6.45, 7) is 4.88. The lowest BCUT2D eigenvalue weighted by Gasteiger charge is -2.38. The van der Waals surface area contributed by atoms with Gasteiger partial charge in [-0.2, -0.15) is 0 Å². The molecule has 0 aromatic heterocycles. The molecule has 0 radical (unpaired) electrons. The molecule has 2 N–H and O–H groups in total. The Hall–Kier alpha value is -0.810. The maximum absolute atomic E-state index is 11.1. The minimum absolute atomic E-state index is 0.0339. The molecule has 0 aromatic rings. The van der Waals surface area contributed by atoms with Crippen molar-refractivity contribution in [1.29, 1.82) is 0 Å². The molecule has 2 bridgehead atoms. The zero-order valence-electron chi connectivity index (χ0n) is 11.7. The number of cyclic esters (lactones) is 1. The fraction of sp³-hybridized carbons (Fsp3) is 0.929. The van der Waals surface area contributed by atoms with Gasteiger partial charge in [-0.3, -0.25) is 4.90 Å². The molecule has 0 spiro atoms. The molecule has 3 rings (SSSR count). The van der Waals surface area contributed by atoms with E-state index in [1.54, 1.807) is 0 Å². The first-order valence-corrected chi connectivity index (χ1v) is 7.69. The van der Waals surface area contributed by atoms with Crippen LogP contribution in [0.2, 0.25) is 0 Å². The van der Waals surface area contributed by atoms with Crippen LogP contribution >= 0.6 is 0 Å². The Labute approximate surface area is 115 Å². The van der Waals surface area contributed by atoms with Gasteiger partial charge in [0.05, 0.1) is 6.54 Å². The fourth-order valence-corrected chi connectivity index (χ4v) is 3.83. The van der Waals surface area contributed by atoms with Crippen LogP contribution in [0.1, 0.15) is 39.0 Å². The second kappa shape index (κ2) is 5.67. The largest absolute Gasteiger partial charge is 0.443 e. The summed E-state index contributed by atoms with van der Waals surface area (Å²) >= 11 is 0. The molecule has 19 heavy (non-hydrogen) atoms. The molecule has 5 heteroatoms. The van der Waals surface area contributed by atoms with Gasteiger partial charge in [0, 0.05) is 24.7 Å². The molecule has 0 aromatic carbocycles. The van der Waals surface area contributed by atoms with E-state index in [4.69, 9.17) is 4.74 Å². The van der Waals surface area contributed by atoms with Crippen molar-refractivity contribution in [2.75, 3.05) is 19.6 Å². The maximum Gasteiger partial charge on any atom is 0.407 e. The van der Waals surface area contributed by atoms with Gasteiger partial charge in [0.25, 0.3) is 0 Å². The standard InChI is InChI=1S/C14H25N3O2/c1-2-5-17(9-13-8-15-14(18)19-13)12-6-10-3-4-11(7-12)16-10/h10-13,16H,2-9H2,1H3,(H,15,18). The summed E-state index contributed by atoms with van der Waals surface area (Å²) in [5.74, 6) is 0. The number of alkyl carbamates (subject to hydrolysis) is 1. The van der Waals surface area contributed by atoms with Gasteiger partial charge in [-0.25, -0.2) is 4.79 Å². The smallest absolute Gasteiger partial charge is 0.407 e. The van der Waals surface area contributed by atoms with Crippen LogP contribution in [0, 0.1) is 0 Å². The van der Waals surface area contributed by atoms with E-state index in [0.717, 1.165) is 19.5 Å². The van der Waals surface area contributed by atoms with E-state index in [1.165, 1.54) is 25.7 Å². The third kappa shape index (κ3) is 3.03. The van der Waals surface area contributed by atoms with Gasteiger partial charge in [-0.1, -0.05) is 6.92 Å². The lowest BCUT2D eigenvalue weighted by Crippen LogP contribution is -2.50. The predicted octanol–water partition coefficient (Wildman–Crippen LogP) is 1.09. The number of rotatable bonds is 5. The van der Waals surface area contributed by atoms with Gasteiger partial charge in [-0.15, -0.1) is 0 Å². The zero-order chi connectivity index (χ0) is 13.2. The van der Waals surface area contributed by atoms with Crippen LogP contribution < -0.4 is 10.6 Å². The Bertz CT molecular complexity index is 325. The number of nitrogens with zero attached hydrogens (tertiary/aromatic N) is 1. The molecule has 108 valence electrons. The molecule has 3 aliphatic heterocycles. The number of carbonyl (C=O) groups excluding carboxylic acids is 1. The van der Waals surface area contributed by atoms with Crippen molar-refractivity contribution in [2.24, 2.45) is 0 Å². The van der Waals surface area contributed by atoms with Crippen molar-refractivity contribution >= 4 is 6.09 Å².